The molecule has 1 saturated heterocycles. The Morgan fingerprint density at radius 2 is 1.75 bits per heavy atom. The zero-order valence-corrected chi connectivity index (χ0v) is 14.4. The van der Waals surface area contributed by atoms with Crippen molar-refractivity contribution in [3.05, 3.63) is 47.4 Å². The largest absolute Gasteiger partial charge is 1.00 e. The maximum atomic E-state index is 14.9. The highest BCUT2D eigenvalue weighted by Gasteiger charge is 2.35. The van der Waals surface area contributed by atoms with E-state index in [0.717, 1.165) is 30.2 Å². The van der Waals surface area contributed by atoms with Gasteiger partial charge in [-0.1, -0.05) is 18.2 Å². The minimum absolute atomic E-state index is 0. The Bertz CT molecular complexity index is 770. The third kappa shape index (κ3) is 2.89. The molecule has 0 atom stereocenters. The lowest BCUT2D eigenvalue weighted by Gasteiger charge is -2.28. The summed E-state index contributed by atoms with van der Waals surface area (Å²) in [5.41, 5.74) is 2.76. The molecular weight excluding hydrogens is 327 g/mol. The molecule has 1 aromatic heterocycles. The van der Waals surface area contributed by atoms with E-state index in [0.29, 0.717) is 17.2 Å². The van der Waals surface area contributed by atoms with Gasteiger partial charge in [-0.05, 0) is 38.3 Å². The van der Waals surface area contributed by atoms with Gasteiger partial charge < -0.3 is 17.3 Å². The molecule has 6 heteroatoms. The predicted octanol–water partition coefficient (Wildman–Crippen LogP) is -0.217. The molecule has 2 aromatic rings. The molecule has 2 aliphatic rings. The molecule has 0 aliphatic carbocycles. The van der Waals surface area contributed by atoms with Crippen LogP contribution < -0.4 is 22.6 Å². The van der Waals surface area contributed by atoms with Gasteiger partial charge in [-0.25, -0.2) is 9.97 Å². The van der Waals surface area contributed by atoms with Gasteiger partial charge in [-0.3, -0.25) is 5.32 Å². The highest BCUT2D eigenvalue weighted by atomic mass is 35.5. The van der Waals surface area contributed by atoms with Crippen molar-refractivity contribution >= 4 is 23.0 Å². The summed E-state index contributed by atoms with van der Waals surface area (Å²) in [6.45, 7) is 3.81. The number of nitrogens with two attached hydrogens (primary N) is 1. The number of hydrogen-bond acceptors (Lipinski definition) is 3. The molecule has 4 rings (SSSR count). The van der Waals surface area contributed by atoms with Crippen LogP contribution in [-0.2, 0) is 0 Å². The third-order valence-corrected chi connectivity index (χ3v) is 4.51. The minimum Gasteiger partial charge on any atom is -1.00 e. The quantitative estimate of drug-likeness (QED) is 0.818. The smallest absolute Gasteiger partial charge is 0.216 e. The second-order valence-electron chi connectivity index (χ2n) is 6.14. The van der Waals surface area contributed by atoms with Gasteiger partial charge >= 0.3 is 0 Å². The number of hydrogen-bond donors (Lipinski definition) is 1. The van der Waals surface area contributed by atoms with Crippen molar-refractivity contribution in [2.24, 2.45) is 0 Å². The molecule has 1 fully saturated rings. The lowest BCUT2D eigenvalue weighted by atomic mass is 10.1. The van der Waals surface area contributed by atoms with E-state index in [2.05, 4.69) is 14.9 Å². The number of piperidine rings is 1. The molecule has 3 heterocycles. The SMILES string of the molecule is Cc1nc2c(c(N3CCCCC3)n1)[NH2+]C(c1ccccc1)=C2F.[Cl-]. The average molecular weight is 347 g/mol. The van der Waals surface area contributed by atoms with Crippen LogP contribution in [0.2, 0.25) is 0 Å². The molecule has 0 saturated carbocycles. The first kappa shape index (κ1) is 16.9. The van der Waals surface area contributed by atoms with Gasteiger partial charge in [0.05, 0.1) is 0 Å². The van der Waals surface area contributed by atoms with Gasteiger partial charge in [0.1, 0.15) is 5.82 Å². The standard InChI is InChI=1S/C18H19FN4.ClH/c1-12-20-16-14(19)15(13-8-4-2-5-9-13)22-17(16)18(21-12)23-10-6-3-7-11-23;/h2,4-5,8-9,22H,3,6-7,10-11H2,1H3;1H. The Kier molecular flexibility index (Phi) is 4.83. The number of aromatic nitrogens is 2. The fraction of sp³-hybridized carbons (Fsp3) is 0.333. The zero-order chi connectivity index (χ0) is 15.8. The fourth-order valence-electron chi connectivity index (χ4n) is 3.38. The number of halogens is 2. The van der Waals surface area contributed by atoms with Crippen molar-refractivity contribution in [3.8, 4) is 0 Å². The molecule has 4 nitrogen and oxygen atoms in total. The summed E-state index contributed by atoms with van der Waals surface area (Å²) >= 11 is 0. The van der Waals surface area contributed by atoms with Crippen molar-refractivity contribution in [2.45, 2.75) is 26.2 Å². The summed E-state index contributed by atoms with van der Waals surface area (Å²) in [7, 11) is 0. The number of quaternary nitrogens is 1. The van der Waals surface area contributed by atoms with E-state index < -0.39 is 0 Å². The van der Waals surface area contributed by atoms with Gasteiger partial charge in [-0.15, -0.1) is 0 Å². The van der Waals surface area contributed by atoms with Crippen LogP contribution >= 0.6 is 0 Å². The van der Waals surface area contributed by atoms with Gasteiger partial charge in [0.15, 0.2) is 17.2 Å². The maximum absolute atomic E-state index is 14.9. The van der Waals surface area contributed by atoms with Crippen molar-refractivity contribution < 1.29 is 22.1 Å². The highest BCUT2D eigenvalue weighted by molar-refractivity contribution is 5.91. The van der Waals surface area contributed by atoms with Crippen LogP contribution in [0.15, 0.2) is 30.3 Å². The average Bonchev–Trinajstić information content (AvgIpc) is 2.93. The number of rotatable bonds is 2. The van der Waals surface area contributed by atoms with Crippen molar-refractivity contribution in [3.63, 3.8) is 0 Å². The van der Waals surface area contributed by atoms with Gasteiger partial charge in [-0.2, -0.15) is 4.39 Å². The molecular formula is C18H20ClFN4. The Morgan fingerprint density at radius 3 is 2.46 bits per heavy atom. The molecule has 1 aromatic carbocycles. The molecule has 24 heavy (non-hydrogen) atoms. The van der Waals surface area contributed by atoms with Gasteiger partial charge in [0.2, 0.25) is 11.5 Å². The van der Waals surface area contributed by atoms with Crippen molar-refractivity contribution in [1.82, 2.24) is 9.97 Å². The summed E-state index contributed by atoms with van der Waals surface area (Å²) in [6, 6.07) is 9.65. The molecule has 0 radical (unpaired) electrons. The summed E-state index contributed by atoms with van der Waals surface area (Å²) in [4.78, 5) is 11.3. The number of benzene rings is 1. The van der Waals surface area contributed by atoms with Gasteiger partial charge in [0.25, 0.3) is 0 Å². The molecule has 0 bridgehead atoms. The molecule has 0 unspecified atom stereocenters. The number of fused-ring (bicyclic) bond motifs is 1. The van der Waals surface area contributed by atoms with Crippen LogP contribution in [0.25, 0.3) is 11.5 Å². The van der Waals surface area contributed by atoms with Crippen LogP contribution in [0.1, 0.15) is 36.3 Å². The third-order valence-electron chi connectivity index (χ3n) is 4.51. The zero-order valence-electron chi connectivity index (χ0n) is 13.6. The van der Waals surface area contributed by atoms with E-state index in [9.17, 15) is 4.39 Å². The predicted molar refractivity (Wildman–Crippen MR) is 88.8 cm³/mol. The summed E-state index contributed by atoms with van der Waals surface area (Å²) in [5.74, 6) is 1.27. The Hall–Kier alpha value is -1.98. The van der Waals surface area contributed by atoms with E-state index in [1.54, 1.807) is 0 Å². The van der Waals surface area contributed by atoms with Crippen LogP contribution in [0, 0.1) is 6.92 Å². The van der Waals surface area contributed by atoms with E-state index in [1.165, 1.54) is 19.3 Å². The first-order valence-electron chi connectivity index (χ1n) is 8.18. The molecule has 126 valence electrons. The summed E-state index contributed by atoms with van der Waals surface area (Å²) in [6.07, 6.45) is 3.59. The minimum atomic E-state index is -0.241. The number of aryl methyl sites for hydroxylation is 1. The van der Waals surface area contributed by atoms with Crippen molar-refractivity contribution in [2.75, 3.05) is 18.0 Å². The Balaban J connectivity index is 0.00000169. The maximum Gasteiger partial charge on any atom is 0.216 e. The lowest BCUT2D eigenvalue weighted by Crippen LogP contribution is -3.00. The topological polar surface area (TPSA) is 45.6 Å². The summed E-state index contributed by atoms with van der Waals surface area (Å²) in [5, 5.41) is 1.91. The van der Waals surface area contributed by atoms with Crippen LogP contribution in [0.3, 0.4) is 0 Å². The Labute approximate surface area is 147 Å². The molecule has 2 N–H and O–H groups in total. The first-order valence-corrected chi connectivity index (χ1v) is 8.18. The van der Waals surface area contributed by atoms with Crippen LogP contribution in [0.4, 0.5) is 15.9 Å². The van der Waals surface area contributed by atoms with E-state index in [1.807, 2.05) is 42.6 Å². The van der Waals surface area contributed by atoms with Crippen LogP contribution in [-0.4, -0.2) is 23.1 Å². The highest BCUT2D eigenvalue weighted by Crippen LogP contribution is 2.36. The van der Waals surface area contributed by atoms with Crippen LogP contribution in [0.5, 0.6) is 0 Å². The molecule has 2 aliphatic heterocycles. The fourth-order valence-corrected chi connectivity index (χ4v) is 3.38. The van der Waals surface area contributed by atoms with E-state index >= 15 is 0 Å². The second-order valence-corrected chi connectivity index (χ2v) is 6.14. The number of nitrogens with zero attached hydrogens (tertiary/aromatic N) is 3. The lowest BCUT2D eigenvalue weighted by molar-refractivity contribution is -0.465. The molecule has 0 spiro atoms. The van der Waals surface area contributed by atoms with Crippen molar-refractivity contribution in [1.29, 1.82) is 0 Å². The first-order chi connectivity index (χ1) is 11.2. The van der Waals surface area contributed by atoms with E-state index in [4.69, 9.17) is 0 Å². The van der Waals surface area contributed by atoms with Gasteiger partial charge in [0, 0.05) is 18.7 Å². The van der Waals surface area contributed by atoms with E-state index in [-0.39, 0.29) is 18.2 Å². The normalized spacial score (nSPS) is 16.8. The Morgan fingerprint density at radius 1 is 1.04 bits per heavy atom. The number of anilines is 1. The monoisotopic (exact) mass is 346 g/mol. The second kappa shape index (κ2) is 6.87. The summed E-state index contributed by atoms with van der Waals surface area (Å²) < 4.78 is 14.9. The molecule has 0 amide bonds.